The zero-order valence-electron chi connectivity index (χ0n) is 8.93. The molecular formula is C10H18Cl2N2. The Morgan fingerprint density at radius 3 is 2.57 bits per heavy atom. The molecule has 0 radical (unpaired) electrons. The van der Waals surface area contributed by atoms with Crippen LogP contribution in [0, 0.1) is 6.92 Å². The van der Waals surface area contributed by atoms with Crippen LogP contribution >= 0.6 is 24.0 Å². The lowest BCUT2D eigenvalue weighted by atomic mass is 10.2. The highest BCUT2D eigenvalue weighted by molar-refractivity contribution is 6.20. The molecule has 4 heteroatoms. The van der Waals surface area contributed by atoms with E-state index in [2.05, 4.69) is 16.9 Å². The van der Waals surface area contributed by atoms with Crippen LogP contribution in [0.1, 0.15) is 49.3 Å². The van der Waals surface area contributed by atoms with Crippen molar-refractivity contribution in [2.45, 2.75) is 45.4 Å². The number of rotatable bonds is 4. The number of hydrogen-bond donors (Lipinski definition) is 1. The number of hydrogen-bond acceptors (Lipinski definition) is 1. The fourth-order valence-corrected chi connectivity index (χ4v) is 1.60. The average molecular weight is 237 g/mol. The fraction of sp³-hybridized carbons (Fsp3) is 0.700. The lowest BCUT2D eigenvalue weighted by Crippen LogP contribution is -1.89. The van der Waals surface area contributed by atoms with E-state index < -0.39 is 0 Å². The summed E-state index contributed by atoms with van der Waals surface area (Å²) in [4.78, 5) is 7.72. The number of aromatic nitrogens is 2. The quantitative estimate of drug-likeness (QED) is 0.793. The number of halogens is 2. The molecule has 1 N–H and O–H groups in total. The summed E-state index contributed by atoms with van der Waals surface area (Å²) in [5.74, 6) is 1.07. The third-order valence-corrected chi connectivity index (χ3v) is 2.32. The number of nitrogens with one attached hydrogen (secondary N) is 1. The molecule has 82 valence electrons. The van der Waals surface area contributed by atoms with Crippen molar-refractivity contribution in [3.63, 3.8) is 0 Å². The number of aromatic amines is 1. The first kappa shape index (κ1) is 13.8. The Morgan fingerprint density at radius 2 is 2.14 bits per heavy atom. The molecule has 0 saturated carbocycles. The van der Waals surface area contributed by atoms with Crippen LogP contribution in [0.5, 0.6) is 0 Å². The van der Waals surface area contributed by atoms with Crippen molar-refractivity contribution in [3.05, 3.63) is 17.2 Å². The number of H-pyrrole nitrogens is 1. The number of nitrogens with zero attached hydrogens (tertiary/aromatic N) is 1. The maximum absolute atomic E-state index is 5.97. The topological polar surface area (TPSA) is 28.7 Å². The minimum Gasteiger partial charge on any atom is -0.346 e. The third kappa shape index (κ3) is 3.50. The van der Waals surface area contributed by atoms with Crippen LogP contribution in [0.2, 0.25) is 0 Å². The van der Waals surface area contributed by atoms with Gasteiger partial charge < -0.3 is 4.98 Å². The van der Waals surface area contributed by atoms with Crippen molar-refractivity contribution < 1.29 is 0 Å². The van der Waals surface area contributed by atoms with Crippen molar-refractivity contribution in [2.75, 3.05) is 0 Å². The van der Waals surface area contributed by atoms with Crippen molar-refractivity contribution in [1.82, 2.24) is 9.97 Å². The largest absolute Gasteiger partial charge is 0.346 e. The second-order valence-electron chi connectivity index (χ2n) is 3.41. The standard InChI is InChI=1S/C10H17ClN2.ClH/c1-4-5-6-9-12-8(3)10(13-9)7(2)11;/h7H,4-6H2,1-3H3,(H,12,13);1H. The zero-order valence-corrected chi connectivity index (χ0v) is 10.5. The summed E-state index contributed by atoms with van der Waals surface area (Å²) in [5, 5.41) is 0.00614. The van der Waals surface area contributed by atoms with Gasteiger partial charge in [-0.1, -0.05) is 13.3 Å². The van der Waals surface area contributed by atoms with Gasteiger partial charge in [0.05, 0.1) is 11.1 Å². The van der Waals surface area contributed by atoms with E-state index >= 15 is 0 Å². The molecule has 0 amide bonds. The molecule has 0 bridgehead atoms. The van der Waals surface area contributed by atoms with Crippen LogP contribution in [0.3, 0.4) is 0 Å². The third-order valence-electron chi connectivity index (χ3n) is 2.12. The minimum atomic E-state index is 0. The summed E-state index contributed by atoms with van der Waals surface area (Å²) >= 11 is 5.97. The summed E-state index contributed by atoms with van der Waals surface area (Å²) in [5.41, 5.74) is 2.10. The smallest absolute Gasteiger partial charge is 0.106 e. The van der Waals surface area contributed by atoms with E-state index in [1.54, 1.807) is 0 Å². The summed E-state index contributed by atoms with van der Waals surface area (Å²) in [6, 6.07) is 0. The van der Waals surface area contributed by atoms with Crippen molar-refractivity contribution in [2.24, 2.45) is 0 Å². The van der Waals surface area contributed by atoms with Gasteiger partial charge in [-0.05, 0) is 20.3 Å². The predicted octanol–water partition coefficient (Wildman–Crippen LogP) is 3.78. The van der Waals surface area contributed by atoms with Gasteiger partial charge in [-0.25, -0.2) is 4.98 Å². The van der Waals surface area contributed by atoms with Crippen LogP contribution in [0.25, 0.3) is 0 Å². The lowest BCUT2D eigenvalue weighted by Gasteiger charge is -1.97. The molecule has 1 rings (SSSR count). The molecule has 0 spiro atoms. The van der Waals surface area contributed by atoms with E-state index in [1.165, 1.54) is 12.8 Å². The van der Waals surface area contributed by atoms with E-state index in [4.69, 9.17) is 11.6 Å². The Kier molecular flexibility index (Phi) is 6.21. The Hall–Kier alpha value is -0.210. The van der Waals surface area contributed by atoms with Crippen LogP contribution in [0.15, 0.2) is 0 Å². The highest BCUT2D eigenvalue weighted by Crippen LogP contribution is 2.20. The van der Waals surface area contributed by atoms with Gasteiger partial charge in [0.2, 0.25) is 0 Å². The second kappa shape index (κ2) is 6.31. The van der Waals surface area contributed by atoms with E-state index in [9.17, 15) is 0 Å². The molecule has 2 nitrogen and oxygen atoms in total. The summed E-state index contributed by atoms with van der Waals surface area (Å²) in [6.45, 7) is 6.16. The Balaban J connectivity index is 0.00000169. The van der Waals surface area contributed by atoms with E-state index in [0.29, 0.717) is 0 Å². The first-order valence-electron chi connectivity index (χ1n) is 4.84. The molecule has 1 atom stereocenters. The minimum absolute atomic E-state index is 0. The highest BCUT2D eigenvalue weighted by atomic mass is 35.5. The molecule has 1 unspecified atom stereocenters. The van der Waals surface area contributed by atoms with Crippen molar-refractivity contribution in [3.8, 4) is 0 Å². The molecule has 1 aromatic rings. The first-order valence-corrected chi connectivity index (χ1v) is 5.28. The Morgan fingerprint density at radius 1 is 1.50 bits per heavy atom. The average Bonchev–Trinajstić information content (AvgIpc) is 2.43. The molecule has 1 heterocycles. The number of alkyl halides is 1. The Labute approximate surface area is 96.9 Å². The van der Waals surface area contributed by atoms with Gasteiger partial charge in [0.25, 0.3) is 0 Å². The molecular weight excluding hydrogens is 219 g/mol. The second-order valence-corrected chi connectivity index (χ2v) is 4.07. The van der Waals surface area contributed by atoms with E-state index in [-0.39, 0.29) is 17.8 Å². The summed E-state index contributed by atoms with van der Waals surface area (Å²) in [7, 11) is 0. The Bertz CT molecular complexity index is 269. The predicted molar refractivity (Wildman–Crippen MR) is 63.5 cm³/mol. The maximum atomic E-state index is 5.97. The van der Waals surface area contributed by atoms with Gasteiger partial charge in [-0.15, -0.1) is 24.0 Å². The highest BCUT2D eigenvalue weighted by Gasteiger charge is 2.10. The van der Waals surface area contributed by atoms with E-state index in [0.717, 1.165) is 23.6 Å². The molecule has 1 aromatic heterocycles. The molecule has 0 saturated heterocycles. The van der Waals surface area contributed by atoms with Gasteiger partial charge >= 0.3 is 0 Å². The van der Waals surface area contributed by atoms with E-state index in [1.807, 2.05) is 13.8 Å². The SMILES string of the molecule is CCCCc1nc(C(C)Cl)c(C)[nH]1.Cl. The van der Waals surface area contributed by atoms with Crippen LogP contribution < -0.4 is 0 Å². The van der Waals surface area contributed by atoms with Gasteiger partial charge in [0, 0.05) is 12.1 Å². The lowest BCUT2D eigenvalue weighted by molar-refractivity contribution is 0.759. The van der Waals surface area contributed by atoms with Gasteiger partial charge in [0.15, 0.2) is 0 Å². The molecule has 0 aliphatic carbocycles. The first-order chi connectivity index (χ1) is 6.15. The monoisotopic (exact) mass is 236 g/mol. The van der Waals surface area contributed by atoms with Crippen LogP contribution in [-0.4, -0.2) is 9.97 Å². The number of unbranched alkanes of at least 4 members (excludes halogenated alkanes) is 1. The van der Waals surface area contributed by atoms with Gasteiger partial charge in [0.1, 0.15) is 5.82 Å². The summed E-state index contributed by atoms with van der Waals surface area (Å²) < 4.78 is 0. The maximum Gasteiger partial charge on any atom is 0.106 e. The van der Waals surface area contributed by atoms with Crippen LogP contribution in [0.4, 0.5) is 0 Å². The fourth-order valence-electron chi connectivity index (χ4n) is 1.39. The molecule has 0 fully saturated rings. The molecule has 0 aromatic carbocycles. The normalized spacial score (nSPS) is 12.3. The molecule has 0 aliphatic rings. The van der Waals surface area contributed by atoms with Gasteiger partial charge in [-0.2, -0.15) is 0 Å². The molecule has 14 heavy (non-hydrogen) atoms. The van der Waals surface area contributed by atoms with Crippen molar-refractivity contribution in [1.29, 1.82) is 0 Å². The van der Waals surface area contributed by atoms with Crippen LogP contribution in [-0.2, 0) is 6.42 Å². The number of aryl methyl sites for hydroxylation is 2. The zero-order chi connectivity index (χ0) is 9.84. The number of imidazole rings is 1. The van der Waals surface area contributed by atoms with Crippen molar-refractivity contribution >= 4 is 24.0 Å². The summed E-state index contributed by atoms with van der Waals surface area (Å²) in [6.07, 6.45) is 3.41. The molecule has 0 aliphatic heterocycles. The van der Waals surface area contributed by atoms with Gasteiger partial charge in [-0.3, -0.25) is 0 Å².